The highest BCUT2D eigenvalue weighted by molar-refractivity contribution is 9.10. The number of carbonyl (C=O) groups excluding carboxylic acids is 1. The number of aromatic amines is 1. The summed E-state index contributed by atoms with van der Waals surface area (Å²) in [4.78, 5) is 15.7. The average molecular weight is 520 g/mol. The van der Waals surface area contributed by atoms with Crippen LogP contribution in [0.5, 0.6) is 0 Å². The molecule has 0 radical (unpaired) electrons. The Bertz CT molecular complexity index is 1450. The molecule has 0 saturated heterocycles. The molecule has 3 aromatic carbocycles. The number of carbonyl (C=O) groups is 1. The standard InChI is InChI=1S/C22H16BrF2N3O3S/c1-32(30,31)28-16-7-4-13-8-20(26-18(13)11-16)22(29)27-19-10-14(23)9-17(21(19)25)12-2-5-15(24)6-3-12/h2-11,26,28H,1H3,(H,27,29). The number of sulfonamides is 1. The fourth-order valence-electron chi connectivity index (χ4n) is 3.24. The molecular weight excluding hydrogens is 504 g/mol. The van der Waals surface area contributed by atoms with Crippen LogP contribution in [-0.2, 0) is 10.0 Å². The zero-order valence-electron chi connectivity index (χ0n) is 16.5. The van der Waals surface area contributed by atoms with Gasteiger partial charge in [0.2, 0.25) is 10.0 Å². The average Bonchev–Trinajstić information content (AvgIpc) is 3.13. The highest BCUT2D eigenvalue weighted by Crippen LogP contribution is 2.32. The zero-order chi connectivity index (χ0) is 23.0. The molecule has 0 unspecified atom stereocenters. The van der Waals surface area contributed by atoms with Crippen molar-refractivity contribution >= 4 is 54.1 Å². The van der Waals surface area contributed by atoms with Gasteiger partial charge in [-0.1, -0.05) is 34.1 Å². The second kappa shape index (κ2) is 8.36. The summed E-state index contributed by atoms with van der Waals surface area (Å²) < 4.78 is 54.1. The monoisotopic (exact) mass is 519 g/mol. The first-order valence-electron chi connectivity index (χ1n) is 9.26. The minimum atomic E-state index is -3.44. The quantitative estimate of drug-likeness (QED) is 0.325. The summed E-state index contributed by atoms with van der Waals surface area (Å²) >= 11 is 3.31. The zero-order valence-corrected chi connectivity index (χ0v) is 18.9. The second-order valence-electron chi connectivity index (χ2n) is 7.14. The van der Waals surface area contributed by atoms with E-state index >= 15 is 4.39 Å². The molecule has 4 rings (SSSR count). The topological polar surface area (TPSA) is 91.1 Å². The Morgan fingerprint density at radius 1 is 1.00 bits per heavy atom. The lowest BCUT2D eigenvalue weighted by molar-refractivity contribution is 0.102. The van der Waals surface area contributed by atoms with Crippen LogP contribution in [0.15, 0.2) is 65.1 Å². The first-order valence-corrected chi connectivity index (χ1v) is 11.9. The van der Waals surface area contributed by atoms with Crippen LogP contribution in [0.1, 0.15) is 10.5 Å². The number of hydrogen-bond donors (Lipinski definition) is 3. The number of nitrogens with one attached hydrogen (secondary N) is 3. The maximum absolute atomic E-state index is 15.1. The maximum Gasteiger partial charge on any atom is 0.272 e. The molecule has 0 spiro atoms. The van der Waals surface area contributed by atoms with Crippen LogP contribution >= 0.6 is 15.9 Å². The third-order valence-corrected chi connectivity index (χ3v) is 5.68. The molecule has 1 heterocycles. The van der Waals surface area contributed by atoms with Gasteiger partial charge in [-0.3, -0.25) is 9.52 Å². The van der Waals surface area contributed by atoms with Crippen molar-refractivity contribution in [1.82, 2.24) is 4.98 Å². The predicted octanol–water partition coefficient (Wildman–Crippen LogP) is 5.50. The smallest absolute Gasteiger partial charge is 0.272 e. The number of rotatable bonds is 5. The minimum Gasteiger partial charge on any atom is -0.350 e. The van der Waals surface area contributed by atoms with Crippen molar-refractivity contribution in [3.63, 3.8) is 0 Å². The summed E-state index contributed by atoms with van der Waals surface area (Å²) in [5, 5.41) is 3.22. The van der Waals surface area contributed by atoms with Gasteiger partial charge in [0.05, 0.1) is 17.6 Å². The summed E-state index contributed by atoms with van der Waals surface area (Å²) in [6, 6.07) is 14.7. The Balaban J connectivity index is 1.64. The van der Waals surface area contributed by atoms with E-state index in [0.717, 1.165) is 6.26 Å². The normalized spacial score (nSPS) is 11.5. The van der Waals surface area contributed by atoms with E-state index in [9.17, 15) is 17.6 Å². The lowest BCUT2D eigenvalue weighted by Crippen LogP contribution is -2.13. The van der Waals surface area contributed by atoms with Gasteiger partial charge in [-0.25, -0.2) is 17.2 Å². The van der Waals surface area contributed by atoms with Crippen LogP contribution in [0.2, 0.25) is 0 Å². The Hall–Kier alpha value is -3.24. The van der Waals surface area contributed by atoms with Crippen molar-refractivity contribution in [2.24, 2.45) is 0 Å². The van der Waals surface area contributed by atoms with Gasteiger partial charge < -0.3 is 10.3 Å². The minimum absolute atomic E-state index is 0.0539. The van der Waals surface area contributed by atoms with Gasteiger partial charge in [0.25, 0.3) is 5.91 Å². The Morgan fingerprint density at radius 2 is 1.72 bits per heavy atom. The molecule has 32 heavy (non-hydrogen) atoms. The fourth-order valence-corrected chi connectivity index (χ4v) is 4.25. The summed E-state index contributed by atoms with van der Waals surface area (Å²) in [5.74, 6) is -1.68. The molecule has 0 aliphatic heterocycles. The van der Waals surface area contributed by atoms with E-state index in [-0.39, 0.29) is 16.9 Å². The lowest BCUT2D eigenvalue weighted by Gasteiger charge is -2.11. The van der Waals surface area contributed by atoms with Crippen LogP contribution in [0.25, 0.3) is 22.0 Å². The SMILES string of the molecule is CS(=O)(=O)Nc1ccc2cc(C(=O)Nc3cc(Br)cc(-c4ccc(F)cc4)c3F)[nH]c2c1. The van der Waals surface area contributed by atoms with Crippen LogP contribution in [-0.4, -0.2) is 25.6 Å². The predicted molar refractivity (Wildman–Crippen MR) is 124 cm³/mol. The molecule has 10 heteroatoms. The van der Waals surface area contributed by atoms with Crippen LogP contribution in [0, 0.1) is 11.6 Å². The number of hydrogen-bond acceptors (Lipinski definition) is 3. The molecule has 1 amide bonds. The van der Waals surface area contributed by atoms with Crippen LogP contribution in [0.3, 0.4) is 0 Å². The molecule has 4 aromatic rings. The van der Waals surface area contributed by atoms with E-state index in [1.165, 1.54) is 36.4 Å². The van der Waals surface area contributed by atoms with Crippen molar-refractivity contribution in [3.05, 3.63) is 82.5 Å². The van der Waals surface area contributed by atoms with E-state index in [1.54, 1.807) is 24.3 Å². The Morgan fingerprint density at radius 3 is 2.41 bits per heavy atom. The molecule has 0 saturated carbocycles. The van der Waals surface area contributed by atoms with Gasteiger partial charge in [-0.05, 0) is 48.0 Å². The van der Waals surface area contributed by atoms with E-state index in [1.807, 2.05) is 0 Å². The molecule has 0 fully saturated rings. The summed E-state index contributed by atoms with van der Waals surface area (Å²) in [5.41, 5.74) is 1.64. The molecule has 0 aliphatic carbocycles. The fraction of sp³-hybridized carbons (Fsp3) is 0.0455. The van der Waals surface area contributed by atoms with Gasteiger partial charge in [-0.2, -0.15) is 0 Å². The summed E-state index contributed by atoms with van der Waals surface area (Å²) in [7, 11) is -3.44. The summed E-state index contributed by atoms with van der Waals surface area (Å²) in [6.45, 7) is 0. The van der Waals surface area contributed by atoms with Crippen molar-refractivity contribution in [1.29, 1.82) is 0 Å². The maximum atomic E-state index is 15.1. The molecule has 0 bridgehead atoms. The molecular formula is C22H16BrF2N3O3S. The van der Waals surface area contributed by atoms with Gasteiger partial charge in [0, 0.05) is 20.9 Å². The molecule has 0 aliphatic rings. The van der Waals surface area contributed by atoms with Crippen LogP contribution < -0.4 is 10.0 Å². The molecule has 0 atom stereocenters. The number of amides is 1. The number of H-pyrrole nitrogens is 1. The van der Waals surface area contributed by atoms with E-state index < -0.39 is 27.6 Å². The summed E-state index contributed by atoms with van der Waals surface area (Å²) in [6.07, 6.45) is 1.04. The number of aromatic nitrogens is 1. The van der Waals surface area contributed by atoms with Gasteiger partial charge in [0.1, 0.15) is 11.5 Å². The van der Waals surface area contributed by atoms with Crippen LogP contribution in [0.4, 0.5) is 20.2 Å². The van der Waals surface area contributed by atoms with Gasteiger partial charge >= 0.3 is 0 Å². The van der Waals surface area contributed by atoms with Crippen molar-refractivity contribution in [2.75, 3.05) is 16.3 Å². The number of halogens is 3. The first-order chi connectivity index (χ1) is 15.1. The van der Waals surface area contributed by atoms with Crippen molar-refractivity contribution < 1.29 is 22.0 Å². The number of anilines is 2. The number of fused-ring (bicyclic) bond motifs is 1. The second-order valence-corrected chi connectivity index (χ2v) is 9.80. The van der Waals surface area contributed by atoms with E-state index in [0.29, 0.717) is 26.6 Å². The van der Waals surface area contributed by atoms with Crippen molar-refractivity contribution in [3.8, 4) is 11.1 Å². The largest absolute Gasteiger partial charge is 0.350 e. The molecule has 3 N–H and O–H groups in total. The van der Waals surface area contributed by atoms with Gasteiger partial charge in [0.15, 0.2) is 5.82 Å². The third-order valence-electron chi connectivity index (χ3n) is 4.61. The Labute approximate surface area is 190 Å². The highest BCUT2D eigenvalue weighted by atomic mass is 79.9. The molecule has 6 nitrogen and oxygen atoms in total. The van der Waals surface area contributed by atoms with Gasteiger partial charge in [-0.15, -0.1) is 0 Å². The Kier molecular flexibility index (Phi) is 5.74. The van der Waals surface area contributed by atoms with Crippen molar-refractivity contribution in [2.45, 2.75) is 0 Å². The van der Waals surface area contributed by atoms with E-state index in [4.69, 9.17) is 0 Å². The van der Waals surface area contributed by atoms with E-state index in [2.05, 4.69) is 31.0 Å². The first kappa shape index (κ1) is 22.0. The lowest BCUT2D eigenvalue weighted by atomic mass is 10.0. The third kappa shape index (κ3) is 4.81. The molecule has 164 valence electrons. The molecule has 1 aromatic heterocycles. The highest BCUT2D eigenvalue weighted by Gasteiger charge is 2.17. The number of benzene rings is 3.